The van der Waals surface area contributed by atoms with E-state index in [1.807, 2.05) is 0 Å². The van der Waals surface area contributed by atoms with E-state index in [0.717, 1.165) is 12.5 Å². The molecule has 1 atom stereocenters. The summed E-state index contributed by atoms with van der Waals surface area (Å²) in [7, 11) is 0. The SMILES string of the molecule is CCCC(CCN)CCCN(CC)CCCN(CC)CC. The van der Waals surface area contributed by atoms with Crippen LogP contribution in [0.25, 0.3) is 0 Å². The Morgan fingerprint density at radius 2 is 1.29 bits per heavy atom. The van der Waals surface area contributed by atoms with Crippen molar-refractivity contribution < 1.29 is 0 Å². The van der Waals surface area contributed by atoms with Gasteiger partial charge in [-0.2, -0.15) is 0 Å². The summed E-state index contributed by atoms with van der Waals surface area (Å²) in [6.45, 7) is 17.3. The molecule has 0 amide bonds. The van der Waals surface area contributed by atoms with Gasteiger partial charge in [-0.25, -0.2) is 0 Å². The summed E-state index contributed by atoms with van der Waals surface area (Å²) in [5, 5.41) is 0. The van der Waals surface area contributed by atoms with Gasteiger partial charge in [0, 0.05) is 0 Å². The van der Waals surface area contributed by atoms with E-state index in [-0.39, 0.29) is 0 Å². The third-order valence-electron chi connectivity index (χ3n) is 4.65. The van der Waals surface area contributed by atoms with Crippen LogP contribution in [0, 0.1) is 5.92 Å². The standard InChI is InChI=1S/C18H41N3/c1-5-11-18(13-14-19)12-9-15-21(8-4)17-10-16-20(6-2)7-3/h18H,5-17,19H2,1-4H3. The number of hydrogen-bond donors (Lipinski definition) is 1. The number of nitrogens with zero attached hydrogens (tertiary/aromatic N) is 2. The highest BCUT2D eigenvalue weighted by molar-refractivity contribution is 4.64. The van der Waals surface area contributed by atoms with Gasteiger partial charge in [-0.15, -0.1) is 0 Å². The molecule has 0 radical (unpaired) electrons. The fourth-order valence-electron chi connectivity index (χ4n) is 3.17. The van der Waals surface area contributed by atoms with Crippen LogP contribution in [0.2, 0.25) is 0 Å². The highest BCUT2D eigenvalue weighted by Crippen LogP contribution is 2.17. The van der Waals surface area contributed by atoms with E-state index in [4.69, 9.17) is 5.73 Å². The Hall–Kier alpha value is -0.120. The van der Waals surface area contributed by atoms with Crippen molar-refractivity contribution in [2.45, 2.75) is 66.2 Å². The molecule has 0 bridgehead atoms. The average Bonchev–Trinajstić information content (AvgIpc) is 2.50. The van der Waals surface area contributed by atoms with Crippen LogP contribution in [-0.4, -0.2) is 55.6 Å². The van der Waals surface area contributed by atoms with Crippen molar-refractivity contribution in [1.82, 2.24) is 9.80 Å². The zero-order valence-corrected chi connectivity index (χ0v) is 15.2. The molecule has 0 aliphatic heterocycles. The lowest BCUT2D eigenvalue weighted by Gasteiger charge is -2.24. The second-order valence-corrected chi connectivity index (χ2v) is 6.19. The van der Waals surface area contributed by atoms with Gasteiger partial charge in [0.05, 0.1) is 0 Å². The largest absolute Gasteiger partial charge is 0.330 e. The summed E-state index contributed by atoms with van der Waals surface area (Å²) < 4.78 is 0. The topological polar surface area (TPSA) is 32.5 Å². The molecule has 0 rings (SSSR count). The molecule has 0 aromatic carbocycles. The van der Waals surface area contributed by atoms with E-state index in [1.165, 1.54) is 77.8 Å². The van der Waals surface area contributed by atoms with Crippen LogP contribution < -0.4 is 5.73 Å². The molecule has 0 aliphatic carbocycles. The first kappa shape index (κ1) is 20.9. The molecule has 0 aromatic rings. The predicted octanol–water partition coefficient (Wildman–Crippen LogP) is 3.59. The Bertz CT molecular complexity index is 199. The first-order chi connectivity index (χ1) is 10.2. The van der Waals surface area contributed by atoms with E-state index in [9.17, 15) is 0 Å². The van der Waals surface area contributed by atoms with Crippen LogP contribution in [-0.2, 0) is 0 Å². The normalized spacial score (nSPS) is 13.3. The van der Waals surface area contributed by atoms with Crippen LogP contribution >= 0.6 is 0 Å². The molecule has 0 aromatic heterocycles. The van der Waals surface area contributed by atoms with E-state index in [0.29, 0.717) is 0 Å². The van der Waals surface area contributed by atoms with Crippen LogP contribution in [0.15, 0.2) is 0 Å². The molecule has 3 nitrogen and oxygen atoms in total. The maximum absolute atomic E-state index is 5.72. The van der Waals surface area contributed by atoms with Crippen LogP contribution in [0.1, 0.15) is 66.2 Å². The Morgan fingerprint density at radius 3 is 1.81 bits per heavy atom. The Labute approximate surface area is 134 Å². The molecular formula is C18H41N3. The molecule has 0 fully saturated rings. The van der Waals surface area contributed by atoms with E-state index in [1.54, 1.807) is 0 Å². The molecular weight excluding hydrogens is 258 g/mol. The van der Waals surface area contributed by atoms with E-state index >= 15 is 0 Å². The van der Waals surface area contributed by atoms with Crippen molar-refractivity contribution in [3.05, 3.63) is 0 Å². The zero-order chi connectivity index (χ0) is 15.9. The first-order valence-corrected chi connectivity index (χ1v) is 9.36. The zero-order valence-electron chi connectivity index (χ0n) is 15.2. The molecule has 0 spiro atoms. The number of nitrogens with two attached hydrogens (primary N) is 1. The summed E-state index contributed by atoms with van der Waals surface area (Å²) in [6, 6.07) is 0. The highest BCUT2D eigenvalue weighted by Gasteiger charge is 2.09. The molecule has 2 N–H and O–H groups in total. The van der Waals surface area contributed by atoms with Gasteiger partial charge in [-0.1, -0.05) is 40.5 Å². The van der Waals surface area contributed by atoms with Crippen LogP contribution in [0.5, 0.6) is 0 Å². The van der Waals surface area contributed by atoms with Crippen molar-refractivity contribution >= 4 is 0 Å². The summed E-state index contributed by atoms with van der Waals surface area (Å²) >= 11 is 0. The number of hydrogen-bond acceptors (Lipinski definition) is 3. The maximum atomic E-state index is 5.72. The average molecular weight is 300 g/mol. The maximum Gasteiger partial charge on any atom is -0.000666 e. The van der Waals surface area contributed by atoms with Gasteiger partial charge in [-0.05, 0) is 77.4 Å². The minimum absolute atomic E-state index is 0.853. The summed E-state index contributed by atoms with van der Waals surface area (Å²) in [5.74, 6) is 0.856. The molecule has 0 heterocycles. The van der Waals surface area contributed by atoms with E-state index in [2.05, 4.69) is 37.5 Å². The minimum Gasteiger partial charge on any atom is -0.330 e. The Kier molecular flexibility index (Phi) is 14.7. The van der Waals surface area contributed by atoms with Crippen molar-refractivity contribution in [3.63, 3.8) is 0 Å². The van der Waals surface area contributed by atoms with Crippen LogP contribution in [0.4, 0.5) is 0 Å². The van der Waals surface area contributed by atoms with Gasteiger partial charge in [-0.3, -0.25) is 0 Å². The van der Waals surface area contributed by atoms with Gasteiger partial charge in [0.1, 0.15) is 0 Å². The Morgan fingerprint density at radius 1 is 0.714 bits per heavy atom. The van der Waals surface area contributed by atoms with Crippen molar-refractivity contribution in [3.8, 4) is 0 Å². The third kappa shape index (κ3) is 11.1. The van der Waals surface area contributed by atoms with Gasteiger partial charge < -0.3 is 15.5 Å². The molecule has 0 saturated carbocycles. The van der Waals surface area contributed by atoms with Crippen LogP contribution in [0.3, 0.4) is 0 Å². The fourth-order valence-corrected chi connectivity index (χ4v) is 3.17. The van der Waals surface area contributed by atoms with Gasteiger partial charge in [0.25, 0.3) is 0 Å². The van der Waals surface area contributed by atoms with Crippen molar-refractivity contribution in [1.29, 1.82) is 0 Å². The molecule has 21 heavy (non-hydrogen) atoms. The highest BCUT2D eigenvalue weighted by atomic mass is 15.1. The van der Waals surface area contributed by atoms with Crippen molar-refractivity contribution in [2.24, 2.45) is 11.7 Å². The summed E-state index contributed by atoms with van der Waals surface area (Å²) in [4.78, 5) is 5.14. The molecule has 1 unspecified atom stereocenters. The second kappa shape index (κ2) is 14.8. The third-order valence-corrected chi connectivity index (χ3v) is 4.65. The van der Waals surface area contributed by atoms with Gasteiger partial charge >= 0.3 is 0 Å². The number of rotatable bonds is 15. The lowest BCUT2D eigenvalue weighted by Crippen LogP contribution is -2.30. The lowest BCUT2D eigenvalue weighted by atomic mass is 9.94. The fraction of sp³-hybridized carbons (Fsp3) is 1.00. The Balaban J connectivity index is 3.82. The monoisotopic (exact) mass is 299 g/mol. The van der Waals surface area contributed by atoms with Crippen molar-refractivity contribution in [2.75, 3.05) is 45.8 Å². The minimum atomic E-state index is 0.853. The van der Waals surface area contributed by atoms with Gasteiger partial charge in [0.2, 0.25) is 0 Å². The first-order valence-electron chi connectivity index (χ1n) is 9.36. The predicted molar refractivity (Wildman–Crippen MR) is 95.8 cm³/mol. The molecule has 0 aliphatic rings. The van der Waals surface area contributed by atoms with E-state index < -0.39 is 0 Å². The summed E-state index contributed by atoms with van der Waals surface area (Å²) in [5.41, 5.74) is 5.72. The quantitative estimate of drug-likeness (QED) is 0.501. The molecule has 3 heteroatoms. The lowest BCUT2D eigenvalue weighted by molar-refractivity contribution is 0.235. The smallest absolute Gasteiger partial charge is 0.000666 e. The molecule has 128 valence electrons. The molecule has 0 saturated heterocycles. The van der Waals surface area contributed by atoms with Gasteiger partial charge in [0.15, 0.2) is 0 Å². The second-order valence-electron chi connectivity index (χ2n) is 6.19. The summed E-state index contributed by atoms with van der Waals surface area (Å²) in [6.07, 6.45) is 7.86.